The van der Waals surface area contributed by atoms with Crippen LogP contribution in [0.2, 0.25) is 0 Å². The van der Waals surface area contributed by atoms with Crippen molar-refractivity contribution in [1.29, 1.82) is 0 Å². The summed E-state index contributed by atoms with van der Waals surface area (Å²) in [6, 6.07) is 17.9. The van der Waals surface area contributed by atoms with E-state index in [9.17, 15) is 4.79 Å². The maximum Gasteiger partial charge on any atom is 0.322 e. The lowest BCUT2D eigenvalue weighted by Crippen LogP contribution is -2.53. The van der Waals surface area contributed by atoms with Crippen LogP contribution in [0, 0.1) is 0 Å². The van der Waals surface area contributed by atoms with Crippen molar-refractivity contribution in [2.24, 2.45) is 0 Å². The molecule has 126 valence electrons. The predicted molar refractivity (Wildman–Crippen MR) is 93.4 cm³/mol. The third-order valence-electron chi connectivity index (χ3n) is 4.45. The molecule has 1 aliphatic heterocycles. The monoisotopic (exact) mass is 334 g/mol. The number of likely N-dealkylation sites (tertiary alicyclic amines) is 1. The highest BCUT2D eigenvalue weighted by Crippen LogP contribution is 2.23. The molecule has 3 aromatic rings. The second-order valence-corrected chi connectivity index (χ2v) is 6.06. The van der Waals surface area contributed by atoms with Crippen molar-refractivity contribution < 1.29 is 4.79 Å². The average Bonchev–Trinajstić information content (AvgIpc) is 3.15. The van der Waals surface area contributed by atoms with Gasteiger partial charge in [0.15, 0.2) is 0 Å². The summed E-state index contributed by atoms with van der Waals surface area (Å²) in [5.41, 5.74) is 2.86. The van der Waals surface area contributed by atoms with Crippen LogP contribution in [0.3, 0.4) is 0 Å². The fraction of sp³-hybridized carbons (Fsp3) is 0.222. The maximum atomic E-state index is 12.5. The van der Waals surface area contributed by atoms with Crippen LogP contribution in [0.4, 0.5) is 10.5 Å². The van der Waals surface area contributed by atoms with Crippen molar-refractivity contribution in [2.45, 2.75) is 18.9 Å². The first-order chi connectivity index (χ1) is 12.3. The molecule has 2 aromatic carbocycles. The molecule has 1 unspecified atom stereocenters. The van der Waals surface area contributed by atoms with Crippen molar-refractivity contribution in [1.82, 2.24) is 25.1 Å². The van der Waals surface area contributed by atoms with Gasteiger partial charge in [-0.2, -0.15) is 0 Å². The summed E-state index contributed by atoms with van der Waals surface area (Å²) >= 11 is 0. The number of amides is 2. The second kappa shape index (κ2) is 6.72. The van der Waals surface area contributed by atoms with Crippen LogP contribution in [-0.2, 0) is 6.42 Å². The van der Waals surface area contributed by atoms with Crippen molar-refractivity contribution in [2.75, 3.05) is 11.9 Å². The van der Waals surface area contributed by atoms with Gasteiger partial charge in [0.05, 0.1) is 5.69 Å². The number of aromatic nitrogens is 4. The van der Waals surface area contributed by atoms with Gasteiger partial charge in [-0.1, -0.05) is 30.3 Å². The zero-order chi connectivity index (χ0) is 17.1. The van der Waals surface area contributed by atoms with Crippen molar-refractivity contribution in [3.63, 3.8) is 0 Å². The standard InChI is InChI=1S/C18H18N6O/c25-18(23-11-10-17(23)12-14-4-2-1-3-5-14)20-15-6-8-16(9-7-15)24-13-19-21-22-24/h1-9,13,17H,10-12H2,(H,20,25). The number of urea groups is 1. The van der Waals surface area contributed by atoms with Crippen molar-refractivity contribution in [3.8, 4) is 5.69 Å². The Bertz CT molecular complexity index is 832. The van der Waals surface area contributed by atoms with E-state index in [1.807, 2.05) is 47.4 Å². The van der Waals surface area contributed by atoms with E-state index in [0.717, 1.165) is 30.8 Å². The number of nitrogens with zero attached hydrogens (tertiary/aromatic N) is 5. The molecule has 1 fully saturated rings. The van der Waals surface area contributed by atoms with E-state index in [0.29, 0.717) is 0 Å². The van der Waals surface area contributed by atoms with E-state index in [1.165, 1.54) is 11.9 Å². The van der Waals surface area contributed by atoms with E-state index in [1.54, 1.807) is 4.68 Å². The van der Waals surface area contributed by atoms with E-state index in [4.69, 9.17) is 0 Å². The molecule has 7 heteroatoms. The normalized spacial score (nSPS) is 16.3. The summed E-state index contributed by atoms with van der Waals surface area (Å²) < 4.78 is 1.57. The quantitative estimate of drug-likeness (QED) is 0.795. The van der Waals surface area contributed by atoms with E-state index >= 15 is 0 Å². The number of anilines is 1. The molecular weight excluding hydrogens is 316 g/mol. The Kier molecular flexibility index (Phi) is 4.12. The molecule has 1 saturated heterocycles. The molecule has 1 N–H and O–H groups in total. The topological polar surface area (TPSA) is 75.9 Å². The highest BCUT2D eigenvalue weighted by Gasteiger charge is 2.32. The molecule has 25 heavy (non-hydrogen) atoms. The summed E-state index contributed by atoms with van der Waals surface area (Å²) in [6.45, 7) is 0.798. The molecule has 2 heterocycles. The van der Waals surface area contributed by atoms with Gasteiger partial charge in [-0.25, -0.2) is 9.48 Å². The Morgan fingerprint density at radius 2 is 1.92 bits per heavy atom. The smallest absolute Gasteiger partial charge is 0.321 e. The lowest BCUT2D eigenvalue weighted by atomic mass is 9.96. The maximum absolute atomic E-state index is 12.5. The number of carbonyl (C=O) groups is 1. The van der Waals surface area contributed by atoms with Gasteiger partial charge in [-0.15, -0.1) is 5.10 Å². The molecule has 1 aliphatic rings. The number of tetrazole rings is 1. The number of carbonyl (C=O) groups excluding carboxylic acids is 1. The minimum Gasteiger partial charge on any atom is -0.321 e. The van der Waals surface area contributed by atoms with Crippen LogP contribution in [0.5, 0.6) is 0 Å². The molecule has 1 atom stereocenters. The molecule has 2 amide bonds. The van der Waals surface area contributed by atoms with Gasteiger partial charge in [-0.05, 0) is 53.1 Å². The fourth-order valence-corrected chi connectivity index (χ4v) is 2.98. The Labute approximate surface area is 145 Å². The van der Waals surface area contributed by atoms with Crippen LogP contribution in [0.1, 0.15) is 12.0 Å². The Hall–Kier alpha value is -3.22. The molecule has 0 radical (unpaired) electrons. The lowest BCUT2D eigenvalue weighted by Gasteiger charge is -2.41. The van der Waals surface area contributed by atoms with Crippen molar-refractivity contribution in [3.05, 3.63) is 66.5 Å². The summed E-state index contributed by atoms with van der Waals surface area (Å²) in [4.78, 5) is 14.4. The number of hydrogen-bond donors (Lipinski definition) is 1. The number of nitrogens with one attached hydrogen (secondary N) is 1. The van der Waals surface area contributed by atoms with Crippen LogP contribution < -0.4 is 5.32 Å². The summed E-state index contributed by atoms with van der Waals surface area (Å²) in [5.74, 6) is 0. The number of benzene rings is 2. The minimum absolute atomic E-state index is 0.0534. The fourth-order valence-electron chi connectivity index (χ4n) is 2.98. The van der Waals surface area contributed by atoms with Gasteiger partial charge in [0.2, 0.25) is 0 Å². The second-order valence-electron chi connectivity index (χ2n) is 6.06. The zero-order valence-corrected chi connectivity index (χ0v) is 13.6. The lowest BCUT2D eigenvalue weighted by molar-refractivity contribution is 0.125. The Morgan fingerprint density at radius 3 is 2.56 bits per heavy atom. The minimum atomic E-state index is -0.0534. The van der Waals surface area contributed by atoms with Crippen LogP contribution in [0.15, 0.2) is 60.9 Å². The number of rotatable bonds is 4. The van der Waals surface area contributed by atoms with Gasteiger partial charge >= 0.3 is 6.03 Å². The Morgan fingerprint density at radius 1 is 1.12 bits per heavy atom. The highest BCUT2D eigenvalue weighted by molar-refractivity contribution is 5.90. The zero-order valence-electron chi connectivity index (χ0n) is 13.6. The molecular formula is C18H18N6O. The van der Waals surface area contributed by atoms with Gasteiger partial charge in [0.25, 0.3) is 0 Å². The van der Waals surface area contributed by atoms with Crippen LogP contribution in [-0.4, -0.2) is 43.7 Å². The third kappa shape index (κ3) is 3.35. The van der Waals surface area contributed by atoms with Crippen molar-refractivity contribution >= 4 is 11.7 Å². The van der Waals surface area contributed by atoms with Gasteiger partial charge in [0, 0.05) is 18.3 Å². The van der Waals surface area contributed by atoms with E-state index in [-0.39, 0.29) is 12.1 Å². The third-order valence-corrected chi connectivity index (χ3v) is 4.45. The molecule has 4 rings (SSSR count). The first-order valence-corrected chi connectivity index (χ1v) is 8.24. The first-order valence-electron chi connectivity index (χ1n) is 8.24. The van der Waals surface area contributed by atoms with E-state index in [2.05, 4.69) is 33.0 Å². The summed E-state index contributed by atoms with van der Waals surface area (Å²) in [5, 5.41) is 14.0. The van der Waals surface area contributed by atoms with Gasteiger partial charge in [-0.3, -0.25) is 0 Å². The largest absolute Gasteiger partial charge is 0.322 e. The van der Waals surface area contributed by atoms with Crippen LogP contribution in [0.25, 0.3) is 5.69 Å². The van der Waals surface area contributed by atoms with Gasteiger partial charge in [0.1, 0.15) is 6.33 Å². The van der Waals surface area contributed by atoms with E-state index < -0.39 is 0 Å². The molecule has 0 saturated carbocycles. The first kappa shape index (κ1) is 15.3. The van der Waals surface area contributed by atoms with Crippen LogP contribution >= 0.6 is 0 Å². The summed E-state index contributed by atoms with van der Waals surface area (Å²) in [7, 11) is 0. The Balaban J connectivity index is 1.37. The SMILES string of the molecule is O=C(Nc1ccc(-n2cnnn2)cc1)N1CCC1Cc1ccccc1. The highest BCUT2D eigenvalue weighted by atomic mass is 16.2. The molecule has 0 aliphatic carbocycles. The molecule has 1 aromatic heterocycles. The predicted octanol–water partition coefficient (Wildman–Crippen LogP) is 2.51. The molecule has 0 spiro atoms. The number of hydrogen-bond acceptors (Lipinski definition) is 4. The average molecular weight is 334 g/mol. The molecule has 7 nitrogen and oxygen atoms in total. The molecule has 0 bridgehead atoms. The van der Waals surface area contributed by atoms with Gasteiger partial charge < -0.3 is 10.2 Å². The summed E-state index contributed by atoms with van der Waals surface area (Å²) in [6.07, 6.45) is 3.47.